The number of hydrogen-bond donors (Lipinski definition) is 0. The molecule has 2 aromatic heterocycles. The Morgan fingerprint density at radius 1 is 0.931 bits per heavy atom. The molecule has 0 spiro atoms. The highest BCUT2D eigenvalue weighted by Gasteiger charge is 2.18. The molecule has 4 aromatic rings. The standard InChI is InChI=1S/C21H17FN4O2S/c1-25-18-16(20(27)26(2)21(25)28)19(29-12-13-6-4-3-5-7-13)24-17(23-18)14-8-10-15(22)11-9-14/h3-11H,12H2,1-2H3. The number of benzene rings is 2. The normalized spacial score (nSPS) is 11.1. The lowest BCUT2D eigenvalue weighted by Gasteiger charge is -2.12. The van der Waals surface area contributed by atoms with E-state index in [1.807, 2.05) is 30.3 Å². The minimum Gasteiger partial charge on any atom is -0.280 e. The van der Waals surface area contributed by atoms with Gasteiger partial charge in [0.2, 0.25) is 0 Å². The van der Waals surface area contributed by atoms with Crippen LogP contribution in [0.15, 0.2) is 69.2 Å². The molecule has 0 amide bonds. The molecule has 0 aliphatic heterocycles. The quantitative estimate of drug-likeness (QED) is 0.383. The summed E-state index contributed by atoms with van der Waals surface area (Å²) >= 11 is 1.40. The van der Waals surface area contributed by atoms with Crippen LogP contribution in [0.25, 0.3) is 22.4 Å². The van der Waals surface area contributed by atoms with Gasteiger partial charge in [0.05, 0.1) is 0 Å². The summed E-state index contributed by atoms with van der Waals surface area (Å²) in [5.74, 6) is 0.563. The molecule has 0 radical (unpaired) electrons. The Bertz CT molecular complexity index is 1320. The van der Waals surface area contributed by atoms with Crippen LogP contribution in [0.4, 0.5) is 4.39 Å². The number of aryl methyl sites for hydroxylation is 1. The number of hydrogen-bond acceptors (Lipinski definition) is 5. The first-order chi connectivity index (χ1) is 14.0. The van der Waals surface area contributed by atoms with E-state index in [2.05, 4.69) is 9.97 Å². The Balaban J connectivity index is 1.94. The van der Waals surface area contributed by atoms with E-state index in [4.69, 9.17) is 0 Å². The van der Waals surface area contributed by atoms with Crippen LogP contribution in [0.1, 0.15) is 5.56 Å². The average molecular weight is 408 g/mol. The molecule has 2 aromatic carbocycles. The fourth-order valence-corrected chi connectivity index (χ4v) is 3.96. The number of fused-ring (bicyclic) bond motifs is 1. The van der Waals surface area contributed by atoms with Crippen molar-refractivity contribution >= 4 is 22.8 Å². The zero-order valence-electron chi connectivity index (χ0n) is 15.8. The second-order valence-electron chi connectivity index (χ2n) is 6.54. The molecule has 6 nitrogen and oxygen atoms in total. The van der Waals surface area contributed by atoms with Crippen LogP contribution in [0, 0.1) is 5.82 Å². The molecule has 0 saturated heterocycles. The third-order valence-corrected chi connectivity index (χ3v) is 5.63. The van der Waals surface area contributed by atoms with Crippen molar-refractivity contribution in [1.82, 2.24) is 19.1 Å². The van der Waals surface area contributed by atoms with E-state index in [9.17, 15) is 14.0 Å². The van der Waals surface area contributed by atoms with E-state index in [0.29, 0.717) is 27.6 Å². The van der Waals surface area contributed by atoms with Gasteiger partial charge in [-0.15, -0.1) is 11.8 Å². The molecular formula is C21H17FN4O2S. The SMILES string of the molecule is Cn1c(=O)c2c(SCc3ccccc3)nc(-c3ccc(F)cc3)nc2n(C)c1=O. The highest BCUT2D eigenvalue weighted by molar-refractivity contribution is 7.98. The van der Waals surface area contributed by atoms with Crippen LogP contribution in [-0.2, 0) is 19.8 Å². The monoisotopic (exact) mass is 408 g/mol. The Morgan fingerprint density at radius 3 is 2.31 bits per heavy atom. The molecule has 0 N–H and O–H groups in total. The van der Waals surface area contributed by atoms with E-state index >= 15 is 0 Å². The lowest BCUT2D eigenvalue weighted by molar-refractivity contribution is 0.628. The van der Waals surface area contributed by atoms with Gasteiger partial charge in [0.15, 0.2) is 11.5 Å². The molecule has 0 aliphatic carbocycles. The Labute approximate surface area is 169 Å². The van der Waals surface area contributed by atoms with Crippen molar-refractivity contribution in [2.75, 3.05) is 0 Å². The van der Waals surface area contributed by atoms with Crippen molar-refractivity contribution < 1.29 is 4.39 Å². The summed E-state index contributed by atoms with van der Waals surface area (Å²) in [4.78, 5) is 34.3. The number of nitrogens with zero attached hydrogens (tertiary/aromatic N) is 4. The molecule has 0 bridgehead atoms. The van der Waals surface area contributed by atoms with E-state index in [0.717, 1.165) is 10.1 Å². The topological polar surface area (TPSA) is 69.8 Å². The molecule has 0 unspecified atom stereocenters. The first kappa shape index (κ1) is 19.1. The summed E-state index contributed by atoms with van der Waals surface area (Å²) in [6, 6.07) is 15.6. The van der Waals surface area contributed by atoms with E-state index < -0.39 is 11.2 Å². The van der Waals surface area contributed by atoms with Gasteiger partial charge >= 0.3 is 5.69 Å². The maximum absolute atomic E-state index is 13.3. The Morgan fingerprint density at radius 2 is 1.62 bits per heavy atom. The fourth-order valence-electron chi connectivity index (χ4n) is 2.99. The molecule has 2 heterocycles. The molecule has 0 aliphatic rings. The summed E-state index contributed by atoms with van der Waals surface area (Å²) < 4.78 is 15.7. The summed E-state index contributed by atoms with van der Waals surface area (Å²) in [6.45, 7) is 0. The lowest BCUT2D eigenvalue weighted by atomic mass is 10.2. The maximum atomic E-state index is 13.3. The van der Waals surface area contributed by atoms with Gasteiger partial charge in [-0.05, 0) is 29.8 Å². The van der Waals surface area contributed by atoms with Gasteiger partial charge in [-0.2, -0.15) is 0 Å². The maximum Gasteiger partial charge on any atom is 0.332 e. The summed E-state index contributed by atoms with van der Waals surface area (Å²) in [7, 11) is 3.00. The average Bonchev–Trinajstić information content (AvgIpc) is 2.75. The molecule has 146 valence electrons. The highest BCUT2D eigenvalue weighted by Crippen LogP contribution is 2.28. The van der Waals surface area contributed by atoms with E-state index in [-0.39, 0.29) is 11.5 Å². The highest BCUT2D eigenvalue weighted by atomic mass is 32.2. The molecule has 0 atom stereocenters. The minimum absolute atomic E-state index is 0.253. The van der Waals surface area contributed by atoms with Gasteiger partial charge in [-0.3, -0.25) is 13.9 Å². The van der Waals surface area contributed by atoms with Gasteiger partial charge in [-0.1, -0.05) is 30.3 Å². The van der Waals surface area contributed by atoms with Gasteiger partial charge in [0, 0.05) is 25.4 Å². The van der Waals surface area contributed by atoms with Crippen LogP contribution in [0.2, 0.25) is 0 Å². The first-order valence-electron chi connectivity index (χ1n) is 8.86. The van der Waals surface area contributed by atoms with Crippen molar-refractivity contribution in [3.63, 3.8) is 0 Å². The van der Waals surface area contributed by atoms with Crippen molar-refractivity contribution in [1.29, 1.82) is 0 Å². The second-order valence-corrected chi connectivity index (χ2v) is 7.50. The van der Waals surface area contributed by atoms with Crippen LogP contribution in [0.5, 0.6) is 0 Å². The predicted molar refractivity (Wildman–Crippen MR) is 111 cm³/mol. The summed E-state index contributed by atoms with van der Waals surface area (Å²) in [6.07, 6.45) is 0. The van der Waals surface area contributed by atoms with Gasteiger partial charge < -0.3 is 0 Å². The largest absolute Gasteiger partial charge is 0.332 e. The zero-order chi connectivity index (χ0) is 20.5. The molecule has 0 fully saturated rings. The third kappa shape index (κ3) is 3.58. The summed E-state index contributed by atoms with van der Waals surface area (Å²) in [5.41, 5.74) is 1.02. The van der Waals surface area contributed by atoms with E-state index in [1.165, 1.54) is 35.5 Å². The predicted octanol–water partition coefficient (Wildman–Crippen LogP) is 3.13. The van der Waals surface area contributed by atoms with Crippen molar-refractivity contribution in [2.24, 2.45) is 14.1 Å². The molecule has 4 rings (SSSR count). The van der Waals surface area contributed by atoms with Crippen LogP contribution in [-0.4, -0.2) is 19.1 Å². The molecule has 0 saturated carbocycles. The first-order valence-corrected chi connectivity index (χ1v) is 9.84. The number of thioether (sulfide) groups is 1. The van der Waals surface area contributed by atoms with Crippen LogP contribution < -0.4 is 11.2 Å². The number of aromatic nitrogens is 4. The summed E-state index contributed by atoms with van der Waals surface area (Å²) in [5, 5.41) is 0.774. The number of rotatable bonds is 4. The van der Waals surface area contributed by atoms with Gasteiger partial charge in [-0.25, -0.2) is 19.2 Å². The zero-order valence-corrected chi connectivity index (χ0v) is 16.6. The Kier molecular flexibility index (Phi) is 5.02. The molecule has 29 heavy (non-hydrogen) atoms. The smallest absolute Gasteiger partial charge is 0.280 e. The third-order valence-electron chi connectivity index (χ3n) is 4.59. The van der Waals surface area contributed by atoms with Crippen molar-refractivity contribution in [3.05, 3.63) is 86.8 Å². The Hall–Kier alpha value is -3.26. The molecule has 8 heteroatoms. The van der Waals surface area contributed by atoms with Crippen molar-refractivity contribution in [2.45, 2.75) is 10.8 Å². The van der Waals surface area contributed by atoms with E-state index in [1.54, 1.807) is 19.2 Å². The lowest BCUT2D eigenvalue weighted by Crippen LogP contribution is -2.37. The second kappa shape index (κ2) is 7.63. The van der Waals surface area contributed by atoms with Crippen LogP contribution in [0.3, 0.4) is 0 Å². The van der Waals surface area contributed by atoms with Crippen molar-refractivity contribution in [3.8, 4) is 11.4 Å². The minimum atomic E-state index is -0.467. The molecular weight excluding hydrogens is 391 g/mol. The fraction of sp³-hybridized carbons (Fsp3) is 0.143. The van der Waals surface area contributed by atoms with Crippen LogP contribution >= 0.6 is 11.8 Å². The number of halogens is 1. The van der Waals surface area contributed by atoms with Gasteiger partial charge in [0.1, 0.15) is 16.2 Å². The van der Waals surface area contributed by atoms with Gasteiger partial charge in [0.25, 0.3) is 5.56 Å².